The van der Waals surface area contributed by atoms with E-state index in [9.17, 15) is 14.4 Å². The van der Waals surface area contributed by atoms with Gasteiger partial charge in [-0.3, -0.25) is 14.2 Å². The van der Waals surface area contributed by atoms with Crippen molar-refractivity contribution in [2.45, 2.75) is 19.9 Å². The maximum Gasteiger partial charge on any atom is 0.338 e. The van der Waals surface area contributed by atoms with Gasteiger partial charge in [0.25, 0.3) is 11.5 Å². The highest BCUT2D eigenvalue weighted by Crippen LogP contribution is 2.34. The molecule has 1 atom stereocenters. The van der Waals surface area contributed by atoms with Crippen LogP contribution in [0, 0.1) is 0 Å². The molecule has 3 aromatic rings. The van der Waals surface area contributed by atoms with Gasteiger partial charge in [-0.2, -0.15) is 0 Å². The molecule has 1 aromatic heterocycles. The van der Waals surface area contributed by atoms with Gasteiger partial charge in [0.05, 0.1) is 22.4 Å². The lowest BCUT2D eigenvalue weighted by atomic mass is 9.96. The Bertz CT molecular complexity index is 1510. The van der Waals surface area contributed by atoms with E-state index in [4.69, 9.17) is 26.8 Å². The molecule has 0 fully saturated rings. The van der Waals surface area contributed by atoms with Crippen LogP contribution in [0.25, 0.3) is 6.08 Å². The summed E-state index contributed by atoms with van der Waals surface area (Å²) in [7, 11) is 0. The number of esters is 1. The molecule has 35 heavy (non-hydrogen) atoms. The van der Waals surface area contributed by atoms with Crippen molar-refractivity contribution in [1.82, 2.24) is 4.57 Å². The second-order valence-electron chi connectivity index (χ2n) is 7.65. The fourth-order valence-electron chi connectivity index (χ4n) is 3.75. The zero-order chi connectivity index (χ0) is 25.1. The number of nitrogens with zero attached hydrogens (tertiary/aromatic N) is 2. The summed E-state index contributed by atoms with van der Waals surface area (Å²) >= 11 is 7.72. The molecule has 1 amide bonds. The van der Waals surface area contributed by atoms with Crippen molar-refractivity contribution < 1.29 is 19.1 Å². The summed E-state index contributed by atoms with van der Waals surface area (Å²) in [6.45, 7) is 3.41. The average Bonchev–Trinajstić information content (AvgIpc) is 3.12. The molecule has 0 aliphatic carbocycles. The molecule has 0 spiro atoms. The Morgan fingerprint density at radius 1 is 1.20 bits per heavy atom. The lowest BCUT2D eigenvalue weighted by Crippen LogP contribution is -2.40. The largest absolute Gasteiger partial charge is 0.484 e. The Morgan fingerprint density at radius 3 is 2.57 bits per heavy atom. The van der Waals surface area contributed by atoms with E-state index < -0.39 is 17.9 Å². The smallest absolute Gasteiger partial charge is 0.338 e. The van der Waals surface area contributed by atoms with E-state index in [2.05, 4.69) is 4.99 Å². The van der Waals surface area contributed by atoms with Crippen molar-refractivity contribution in [1.29, 1.82) is 0 Å². The van der Waals surface area contributed by atoms with Gasteiger partial charge in [0.1, 0.15) is 11.8 Å². The van der Waals surface area contributed by atoms with Gasteiger partial charge in [0.15, 0.2) is 11.4 Å². The van der Waals surface area contributed by atoms with Gasteiger partial charge in [0, 0.05) is 5.02 Å². The van der Waals surface area contributed by atoms with Gasteiger partial charge in [-0.05, 0) is 49.2 Å². The number of halogens is 1. The fraction of sp³-hybridized carbons (Fsp3) is 0.200. The standard InChI is InChI=1S/C25H22ClN3O5S/c1-3-33-24(32)21-14(2)28-25-29(22(21)17-6-4-5-7-18(17)26)23(31)19(35-25)12-15-8-10-16(11-9-15)34-13-20(27)30/h4-12,22H,3,13H2,1-2H3,(H2,27,30)/b19-12+/t22-/m0/s1. The van der Waals surface area contributed by atoms with Gasteiger partial charge in [-0.25, -0.2) is 9.79 Å². The molecule has 2 heterocycles. The van der Waals surface area contributed by atoms with Gasteiger partial charge < -0.3 is 15.2 Å². The van der Waals surface area contributed by atoms with Crippen LogP contribution in [0.2, 0.25) is 5.02 Å². The number of fused-ring (bicyclic) bond motifs is 1. The van der Waals surface area contributed by atoms with E-state index >= 15 is 0 Å². The minimum absolute atomic E-state index is 0.189. The highest BCUT2D eigenvalue weighted by molar-refractivity contribution is 7.07. The highest BCUT2D eigenvalue weighted by atomic mass is 35.5. The first-order valence-corrected chi connectivity index (χ1v) is 11.9. The molecule has 180 valence electrons. The number of primary amides is 1. The molecule has 2 N–H and O–H groups in total. The number of rotatable bonds is 7. The summed E-state index contributed by atoms with van der Waals surface area (Å²) in [5, 5.41) is 0.426. The number of ether oxygens (including phenoxy) is 2. The van der Waals surface area contributed by atoms with Crippen molar-refractivity contribution in [3.05, 3.63) is 95.6 Å². The predicted molar refractivity (Wildman–Crippen MR) is 133 cm³/mol. The molecular weight excluding hydrogens is 490 g/mol. The summed E-state index contributed by atoms with van der Waals surface area (Å²) in [5.41, 5.74) is 6.89. The molecule has 2 aromatic carbocycles. The fourth-order valence-corrected chi connectivity index (χ4v) is 5.03. The maximum absolute atomic E-state index is 13.6. The first-order chi connectivity index (χ1) is 16.8. The third-order valence-corrected chi connectivity index (χ3v) is 6.60. The van der Waals surface area contributed by atoms with Crippen molar-refractivity contribution >= 4 is 40.9 Å². The molecular formula is C25H22ClN3O5S. The predicted octanol–water partition coefficient (Wildman–Crippen LogP) is 2.32. The van der Waals surface area contributed by atoms with Crippen molar-refractivity contribution in [2.24, 2.45) is 10.7 Å². The molecule has 0 unspecified atom stereocenters. The summed E-state index contributed by atoms with van der Waals surface area (Å²) < 4.78 is 12.5. The van der Waals surface area contributed by atoms with Crippen LogP contribution in [-0.2, 0) is 14.3 Å². The van der Waals surface area contributed by atoms with E-state index in [1.54, 1.807) is 68.5 Å². The molecule has 8 nitrogen and oxygen atoms in total. The first kappa shape index (κ1) is 24.4. The second-order valence-corrected chi connectivity index (χ2v) is 9.06. The minimum atomic E-state index is -0.772. The molecule has 4 rings (SSSR count). The molecule has 10 heteroatoms. The minimum Gasteiger partial charge on any atom is -0.484 e. The van der Waals surface area contributed by atoms with Gasteiger partial charge in [-0.15, -0.1) is 0 Å². The molecule has 0 saturated carbocycles. The number of nitrogens with two attached hydrogens (primary N) is 1. The topological polar surface area (TPSA) is 113 Å². The Hall–Kier alpha value is -3.69. The van der Waals surface area contributed by atoms with Gasteiger partial charge >= 0.3 is 5.97 Å². The summed E-state index contributed by atoms with van der Waals surface area (Å²) in [4.78, 5) is 42.4. The number of hydrogen-bond donors (Lipinski definition) is 1. The van der Waals surface area contributed by atoms with Crippen LogP contribution in [0.1, 0.15) is 31.0 Å². The Balaban J connectivity index is 1.83. The maximum atomic E-state index is 13.6. The first-order valence-electron chi connectivity index (χ1n) is 10.8. The van der Waals surface area contributed by atoms with Gasteiger partial charge in [0.2, 0.25) is 0 Å². The number of carbonyl (C=O) groups excluding carboxylic acids is 2. The monoisotopic (exact) mass is 511 g/mol. The number of benzene rings is 2. The Kier molecular flexibility index (Phi) is 7.18. The molecule has 0 bridgehead atoms. The lowest BCUT2D eigenvalue weighted by Gasteiger charge is -2.25. The average molecular weight is 512 g/mol. The van der Waals surface area contributed by atoms with Crippen LogP contribution in [0.5, 0.6) is 5.75 Å². The van der Waals surface area contributed by atoms with E-state index in [1.165, 1.54) is 15.9 Å². The van der Waals surface area contributed by atoms with Crippen molar-refractivity contribution in [3.63, 3.8) is 0 Å². The number of thiazole rings is 1. The van der Waals surface area contributed by atoms with Crippen molar-refractivity contribution in [3.8, 4) is 5.75 Å². The van der Waals surface area contributed by atoms with E-state index in [1.807, 2.05) is 0 Å². The Morgan fingerprint density at radius 2 is 1.91 bits per heavy atom. The van der Waals surface area contributed by atoms with Crippen molar-refractivity contribution in [2.75, 3.05) is 13.2 Å². The van der Waals surface area contributed by atoms with E-state index in [0.717, 1.165) is 5.56 Å². The zero-order valence-electron chi connectivity index (χ0n) is 19.0. The Labute approximate surface area is 209 Å². The van der Waals surface area contributed by atoms with Crippen LogP contribution in [0.4, 0.5) is 0 Å². The number of carbonyl (C=O) groups is 2. The lowest BCUT2D eigenvalue weighted by molar-refractivity contribution is -0.139. The number of aromatic nitrogens is 1. The van der Waals surface area contributed by atoms with E-state index in [-0.39, 0.29) is 24.3 Å². The third-order valence-electron chi connectivity index (χ3n) is 5.28. The number of amides is 1. The summed E-state index contributed by atoms with van der Waals surface area (Å²) in [5.74, 6) is -0.629. The SMILES string of the molecule is CCOC(=O)C1=C(C)N=c2s/c(=C/c3ccc(OCC(N)=O)cc3)c(=O)n2[C@H]1c1ccccc1Cl. The van der Waals surface area contributed by atoms with Crippen LogP contribution < -0.4 is 25.4 Å². The van der Waals surface area contributed by atoms with Gasteiger partial charge in [-0.1, -0.05) is 53.3 Å². The van der Waals surface area contributed by atoms with Crippen LogP contribution in [0.3, 0.4) is 0 Å². The highest BCUT2D eigenvalue weighted by Gasteiger charge is 2.34. The number of allylic oxidation sites excluding steroid dienone is 1. The van der Waals surface area contributed by atoms with Crippen LogP contribution in [0.15, 0.2) is 69.6 Å². The molecule has 1 aliphatic heterocycles. The quantitative estimate of drug-likeness (QED) is 0.489. The van der Waals surface area contributed by atoms with Crippen LogP contribution in [-0.4, -0.2) is 29.7 Å². The normalized spacial score (nSPS) is 15.4. The number of hydrogen-bond acceptors (Lipinski definition) is 7. The van der Waals surface area contributed by atoms with Crippen LogP contribution >= 0.6 is 22.9 Å². The third kappa shape index (κ3) is 5.06. The molecule has 0 radical (unpaired) electrons. The molecule has 1 aliphatic rings. The second kappa shape index (κ2) is 10.3. The summed E-state index contributed by atoms with van der Waals surface area (Å²) in [6, 6.07) is 13.2. The zero-order valence-corrected chi connectivity index (χ0v) is 20.6. The summed E-state index contributed by atoms with van der Waals surface area (Å²) in [6.07, 6.45) is 1.73. The molecule has 0 saturated heterocycles. The van der Waals surface area contributed by atoms with E-state index in [0.29, 0.717) is 31.4 Å².